The molecule has 0 aliphatic carbocycles. The van der Waals surface area contributed by atoms with Crippen molar-refractivity contribution < 1.29 is 18.1 Å². The van der Waals surface area contributed by atoms with Gasteiger partial charge in [0.25, 0.3) is 0 Å². The molecule has 1 N–H and O–H groups in total. The van der Waals surface area contributed by atoms with Gasteiger partial charge in [0, 0.05) is 12.7 Å². The lowest BCUT2D eigenvalue weighted by Crippen LogP contribution is -2.41. The highest BCUT2D eigenvalue weighted by atomic mass is 28.4. The van der Waals surface area contributed by atoms with Gasteiger partial charge in [0.05, 0.1) is 6.54 Å². The summed E-state index contributed by atoms with van der Waals surface area (Å²) in [5.74, 6) is -0.141. The highest BCUT2D eigenvalue weighted by Crippen LogP contribution is 2.20. The zero-order valence-corrected chi connectivity index (χ0v) is 18.2. The molecule has 0 amide bonds. The van der Waals surface area contributed by atoms with E-state index in [1.165, 1.54) is 0 Å². The molecule has 0 aromatic heterocycles. The smallest absolute Gasteiger partial charge is 0.335 e. The second-order valence-electron chi connectivity index (χ2n) is 7.12. The third kappa shape index (κ3) is 12.8. The van der Waals surface area contributed by atoms with Crippen molar-refractivity contribution in [2.24, 2.45) is 0 Å². The van der Waals surface area contributed by atoms with Gasteiger partial charge in [0.15, 0.2) is 0 Å². The van der Waals surface area contributed by atoms with Gasteiger partial charge in [-0.3, -0.25) is 4.79 Å². The summed E-state index contributed by atoms with van der Waals surface area (Å²) in [6.07, 6.45) is 3.33. The molecule has 2 unspecified atom stereocenters. The molecular weight excluding hydrogens is 326 g/mol. The zero-order chi connectivity index (χ0) is 17.9. The summed E-state index contributed by atoms with van der Waals surface area (Å²) >= 11 is 0. The minimum absolute atomic E-state index is 0.141. The van der Waals surface area contributed by atoms with Gasteiger partial charge in [-0.15, -0.1) is 0 Å². The van der Waals surface area contributed by atoms with Gasteiger partial charge in [0.1, 0.15) is 0 Å². The molecule has 2 atom stereocenters. The predicted molar refractivity (Wildman–Crippen MR) is 100 cm³/mol. The van der Waals surface area contributed by atoms with Crippen molar-refractivity contribution >= 4 is 22.8 Å². The summed E-state index contributed by atoms with van der Waals surface area (Å²) in [4.78, 5) is 11.6. The van der Waals surface area contributed by atoms with Gasteiger partial charge in [-0.05, 0) is 65.5 Å². The van der Waals surface area contributed by atoms with Crippen LogP contribution in [0.2, 0.25) is 32.2 Å². The van der Waals surface area contributed by atoms with E-state index in [1.807, 2.05) is 26.6 Å². The molecule has 0 aliphatic heterocycles. The van der Waals surface area contributed by atoms with E-state index in [9.17, 15) is 4.79 Å². The average molecular weight is 364 g/mol. The third-order valence-electron chi connectivity index (χ3n) is 3.40. The molecule has 0 aromatic rings. The monoisotopic (exact) mass is 363 g/mol. The van der Waals surface area contributed by atoms with E-state index >= 15 is 0 Å². The van der Waals surface area contributed by atoms with Gasteiger partial charge in [0.2, 0.25) is 8.32 Å². The van der Waals surface area contributed by atoms with Crippen LogP contribution < -0.4 is 5.32 Å². The molecule has 0 fully saturated rings. The molecule has 7 heteroatoms. The molecule has 0 aliphatic rings. The van der Waals surface area contributed by atoms with Crippen LogP contribution in [0.25, 0.3) is 0 Å². The fourth-order valence-corrected chi connectivity index (χ4v) is 5.85. The molecular formula is C16H37NO4Si2. The van der Waals surface area contributed by atoms with Gasteiger partial charge < -0.3 is 18.6 Å². The van der Waals surface area contributed by atoms with Gasteiger partial charge in [-0.2, -0.15) is 0 Å². The second-order valence-corrected chi connectivity index (χ2v) is 14.8. The number of carbonyl (C=O) groups excluding carboxylic acids is 1. The first-order chi connectivity index (χ1) is 10.6. The third-order valence-corrected chi connectivity index (χ3v) is 7.30. The van der Waals surface area contributed by atoms with Crippen LogP contribution in [0.15, 0.2) is 0 Å². The summed E-state index contributed by atoms with van der Waals surface area (Å²) in [5.41, 5.74) is 0. The number of rotatable bonds is 13. The van der Waals surface area contributed by atoms with E-state index in [-0.39, 0.29) is 12.1 Å². The van der Waals surface area contributed by atoms with Crippen molar-refractivity contribution in [3.8, 4) is 0 Å². The SMILES string of the molecule is CCO[Si](C)(CCCCNCC(=O)O[Si](C)(C)C)OC(C)CC. The summed E-state index contributed by atoms with van der Waals surface area (Å²) in [6.45, 7) is 16.3. The Morgan fingerprint density at radius 3 is 2.30 bits per heavy atom. The van der Waals surface area contributed by atoms with Crippen molar-refractivity contribution in [3.63, 3.8) is 0 Å². The molecule has 0 saturated heterocycles. The number of unbranched alkanes of at least 4 members (excludes halogenated alkanes) is 1. The fourth-order valence-electron chi connectivity index (χ4n) is 2.24. The van der Waals surface area contributed by atoms with Crippen LogP contribution in [0.3, 0.4) is 0 Å². The van der Waals surface area contributed by atoms with Gasteiger partial charge >= 0.3 is 14.5 Å². The Morgan fingerprint density at radius 2 is 1.78 bits per heavy atom. The molecule has 23 heavy (non-hydrogen) atoms. The summed E-state index contributed by atoms with van der Waals surface area (Å²) < 4.78 is 17.5. The van der Waals surface area contributed by atoms with Crippen LogP contribution in [0.1, 0.15) is 40.0 Å². The summed E-state index contributed by atoms with van der Waals surface area (Å²) in [5, 5.41) is 3.16. The quantitative estimate of drug-likeness (QED) is 0.400. The Hall–Kier alpha value is -0.216. The van der Waals surface area contributed by atoms with E-state index < -0.39 is 16.9 Å². The van der Waals surface area contributed by atoms with E-state index in [4.69, 9.17) is 13.3 Å². The zero-order valence-electron chi connectivity index (χ0n) is 16.2. The predicted octanol–water partition coefficient (Wildman–Crippen LogP) is 3.66. The largest absolute Gasteiger partial charge is 0.519 e. The van der Waals surface area contributed by atoms with Crippen molar-refractivity contribution in [2.45, 2.75) is 78.4 Å². The van der Waals surface area contributed by atoms with E-state index in [2.05, 4.69) is 25.7 Å². The Morgan fingerprint density at radius 1 is 1.13 bits per heavy atom. The van der Waals surface area contributed by atoms with Crippen molar-refractivity contribution in [3.05, 3.63) is 0 Å². The minimum atomic E-state index is -2.06. The van der Waals surface area contributed by atoms with Crippen molar-refractivity contribution in [2.75, 3.05) is 19.7 Å². The van der Waals surface area contributed by atoms with Crippen molar-refractivity contribution in [1.29, 1.82) is 0 Å². The Labute approximate surface area is 144 Å². The van der Waals surface area contributed by atoms with Crippen LogP contribution in [0, 0.1) is 0 Å². The van der Waals surface area contributed by atoms with Crippen LogP contribution in [-0.2, 0) is 18.1 Å². The lowest BCUT2D eigenvalue weighted by Gasteiger charge is -2.29. The molecule has 5 nitrogen and oxygen atoms in total. The van der Waals surface area contributed by atoms with E-state index in [1.54, 1.807) is 0 Å². The first-order valence-corrected chi connectivity index (χ1v) is 14.8. The minimum Gasteiger partial charge on any atom is -0.519 e. The number of hydrogen-bond acceptors (Lipinski definition) is 5. The second kappa shape index (κ2) is 11.4. The normalized spacial score (nSPS) is 16.0. The number of carbonyl (C=O) groups is 1. The maximum atomic E-state index is 11.6. The lowest BCUT2D eigenvalue weighted by atomic mass is 10.3. The highest BCUT2D eigenvalue weighted by Gasteiger charge is 2.32. The molecule has 0 spiro atoms. The first-order valence-electron chi connectivity index (χ1n) is 8.86. The topological polar surface area (TPSA) is 56.8 Å². The lowest BCUT2D eigenvalue weighted by molar-refractivity contribution is -0.134. The van der Waals surface area contributed by atoms with E-state index in [0.717, 1.165) is 31.9 Å². The Balaban J connectivity index is 3.92. The van der Waals surface area contributed by atoms with E-state index in [0.29, 0.717) is 13.2 Å². The highest BCUT2D eigenvalue weighted by molar-refractivity contribution is 6.71. The van der Waals surface area contributed by atoms with Crippen LogP contribution in [0.4, 0.5) is 0 Å². The molecule has 0 saturated carbocycles. The van der Waals surface area contributed by atoms with Crippen LogP contribution in [0.5, 0.6) is 0 Å². The molecule has 0 rings (SSSR count). The Bertz CT molecular complexity index is 337. The Kier molecular flexibility index (Phi) is 11.3. The maximum Gasteiger partial charge on any atom is 0.335 e. The standard InChI is InChI=1S/C16H37NO4Si2/c1-8-15(3)20-23(7,19-9-2)13-11-10-12-17-14-16(18)21-22(4,5)6/h15,17H,8-14H2,1-7H3. The molecule has 0 radical (unpaired) electrons. The fraction of sp³-hybridized carbons (Fsp3) is 0.938. The first kappa shape index (κ1) is 22.8. The van der Waals surface area contributed by atoms with Gasteiger partial charge in [-0.25, -0.2) is 0 Å². The van der Waals surface area contributed by atoms with Crippen LogP contribution >= 0.6 is 0 Å². The van der Waals surface area contributed by atoms with Crippen LogP contribution in [-0.4, -0.2) is 48.6 Å². The molecule has 138 valence electrons. The number of hydrogen-bond donors (Lipinski definition) is 1. The maximum absolute atomic E-state index is 11.6. The molecule has 0 heterocycles. The summed E-state index contributed by atoms with van der Waals surface area (Å²) in [6, 6.07) is 0.992. The summed E-state index contributed by atoms with van der Waals surface area (Å²) in [7, 11) is -3.83. The number of nitrogens with one attached hydrogen (secondary N) is 1. The molecule has 0 aromatic carbocycles. The molecule has 0 bridgehead atoms. The van der Waals surface area contributed by atoms with Gasteiger partial charge in [-0.1, -0.05) is 13.3 Å². The van der Waals surface area contributed by atoms with Crippen molar-refractivity contribution in [1.82, 2.24) is 5.32 Å². The average Bonchev–Trinajstić information content (AvgIpc) is 2.40.